The van der Waals surface area contributed by atoms with E-state index in [1.54, 1.807) is 0 Å². The Hall–Kier alpha value is -1.10. The molecule has 126 valence electrons. The van der Waals surface area contributed by atoms with Crippen molar-refractivity contribution in [1.82, 2.24) is 9.80 Å². The molecule has 0 bridgehead atoms. The molecule has 1 atom stereocenters. The molecule has 1 saturated heterocycles. The SMILES string of the molecule is CN(CC(=O)O)C1CCCN(C(=O)C2C(C)(C)C2(C)C)CC1. The minimum absolute atomic E-state index is 0.0707. The highest BCUT2D eigenvalue weighted by Crippen LogP contribution is 2.68. The van der Waals surface area contributed by atoms with Crippen LogP contribution in [-0.2, 0) is 9.59 Å². The molecule has 1 saturated carbocycles. The number of nitrogens with zero attached hydrogens (tertiary/aromatic N) is 2. The number of carbonyl (C=O) groups is 2. The predicted molar refractivity (Wildman–Crippen MR) is 85.5 cm³/mol. The fourth-order valence-corrected chi connectivity index (χ4v) is 4.08. The summed E-state index contributed by atoms with van der Waals surface area (Å²) in [5.41, 5.74) is 0.159. The van der Waals surface area contributed by atoms with E-state index in [0.717, 1.165) is 32.4 Å². The molecule has 1 aliphatic carbocycles. The number of likely N-dealkylation sites (tertiary alicyclic amines) is 1. The van der Waals surface area contributed by atoms with E-state index in [1.807, 2.05) is 16.8 Å². The lowest BCUT2D eigenvalue weighted by atomic mass is 10.0. The fourth-order valence-electron chi connectivity index (χ4n) is 4.08. The van der Waals surface area contributed by atoms with Crippen LogP contribution in [0.3, 0.4) is 0 Å². The van der Waals surface area contributed by atoms with Gasteiger partial charge in [-0.3, -0.25) is 14.5 Å². The molecule has 2 aliphatic rings. The quantitative estimate of drug-likeness (QED) is 0.863. The minimum atomic E-state index is -0.791. The lowest BCUT2D eigenvalue weighted by Crippen LogP contribution is -2.38. The maximum atomic E-state index is 12.8. The summed E-state index contributed by atoms with van der Waals surface area (Å²) in [6, 6.07) is 0.258. The summed E-state index contributed by atoms with van der Waals surface area (Å²) in [6.07, 6.45) is 2.78. The second-order valence-corrected chi connectivity index (χ2v) is 8.10. The number of carboxylic acids is 1. The molecule has 2 fully saturated rings. The first kappa shape index (κ1) is 17.3. The molecule has 22 heavy (non-hydrogen) atoms. The first-order valence-electron chi connectivity index (χ1n) is 8.30. The van der Waals surface area contributed by atoms with Crippen LogP contribution >= 0.6 is 0 Å². The van der Waals surface area contributed by atoms with E-state index in [0.29, 0.717) is 0 Å². The predicted octanol–water partition coefficient (Wildman–Crippen LogP) is 2.07. The van der Waals surface area contributed by atoms with Crippen LogP contribution in [0.1, 0.15) is 47.0 Å². The molecule has 1 heterocycles. The summed E-state index contributed by atoms with van der Waals surface area (Å²) in [6.45, 7) is 10.3. The molecule has 5 nitrogen and oxygen atoms in total. The Bertz CT molecular complexity index is 445. The molecule has 2 rings (SSSR count). The second kappa shape index (κ2) is 5.84. The molecular weight excluding hydrogens is 280 g/mol. The number of hydrogen-bond acceptors (Lipinski definition) is 3. The van der Waals surface area contributed by atoms with Gasteiger partial charge in [0.1, 0.15) is 0 Å². The number of carbonyl (C=O) groups excluding carboxylic acids is 1. The van der Waals surface area contributed by atoms with Crippen LogP contribution < -0.4 is 0 Å². The summed E-state index contributed by atoms with van der Waals surface area (Å²) in [4.78, 5) is 27.6. The van der Waals surface area contributed by atoms with E-state index in [2.05, 4.69) is 27.7 Å². The molecule has 1 amide bonds. The van der Waals surface area contributed by atoms with E-state index in [-0.39, 0.29) is 35.2 Å². The monoisotopic (exact) mass is 310 g/mol. The van der Waals surface area contributed by atoms with Gasteiger partial charge >= 0.3 is 5.97 Å². The summed E-state index contributed by atoms with van der Waals surface area (Å²) in [7, 11) is 1.86. The van der Waals surface area contributed by atoms with Crippen molar-refractivity contribution in [1.29, 1.82) is 0 Å². The van der Waals surface area contributed by atoms with Gasteiger partial charge in [-0.1, -0.05) is 27.7 Å². The van der Waals surface area contributed by atoms with Crippen LogP contribution in [0.2, 0.25) is 0 Å². The lowest BCUT2D eigenvalue weighted by Gasteiger charge is -2.26. The molecule has 1 unspecified atom stereocenters. The van der Waals surface area contributed by atoms with Crippen molar-refractivity contribution in [3.05, 3.63) is 0 Å². The Morgan fingerprint density at radius 2 is 1.73 bits per heavy atom. The van der Waals surface area contributed by atoms with Crippen LogP contribution in [0.4, 0.5) is 0 Å². The van der Waals surface area contributed by atoms with Gasteiger partial charge in [-0.2, -0.15) is 0 Å². The Kier molecular flexibility index (Phi) is 4.58. The van der Waals surface area contributed by atoms with Crippen LogP contribution in [-0.4, -0.2) is 59.5 Å². The van der Waals surface area contributed by atoms with Crippen LogP contribution in [0.15, 0.2) is 0 Å². The molecule has 0 aromatic heterocycles. The third kappa shape index (κ3) is 3.00. The Morgan fingerprint density at radius 3 is 2.23 bits per heavy atom. The number of rotatable bonds is 4. The van der Waals surface area contributed by atoms with Crippen molar-refractivity contribution in [2.75, 3.05) is 26.7 Å². The van der Waals surface area contributed by atoms with E-state index in [4.69, 9.17) is 5.11 Å². The number of carboxylic acid groups (broad SMARTS) is 1. The molecule has 1 aliphatic heterocycles. The molecule has 5 heteroatoms. The highest BCUT2D eigenvalue weighted by Gasteiger charge is 2.68. The van der Waals surface area contributed by atoms with Crippen molar-refractivity contribution in [2.45, 2.75) is 53.0 Å². The normalized spacial score (nSPS) is 27.5. The van der Waals surface area contributed by atoms with Crippen LogP contribution in [0.5, 0.6) is 0 Å². The topological polar surface area (TPSA) is 60.9 Å². The van der Waals surface area contributed by atoms with E-state index < -0.39 is 5.97 Å². The summed E-state index contributed by atoms with van der Waals surface area (Å²) < 4.78 is 0. The van der Waals surface area contributed by atoms with Gasteiger partial charge in [0.2, 0.25) is 5.91 Å². The van der Waals surface area contributed by atoms with Crippen molar-refractivity contribution in [2.24, 2.45) is 16.7 Å². The standard InChI is InChI=1S/C17H30N2O3/c1-16(2)14(17(16,3)4)15(22)19-9-6-7-12(8-10-19)18(5)11-13(20)21/h12,14H,6-11H2,1-5H3,(H,20,21). The van der Waals surface area contributed by atoms with Crippen LogP contribution in [0, 0.1) is 16.7 Å². The van der Waals surface area contributed by atoms with Gasteiger partial charge in [0.15, 0.2) is 0 Å². The maximum absolute atomic E-state index is 12.8. The van der Waals surface area contributed by atoms with Gasteiger partial charge in [-0.15, -0.1) is 0 Å². The van der Waals surface area contributed by atoms with Crippen molar-refractivity contribution < 1.29 is 14.7 Å². The van der Waals surface area contributed by atoms with Crippen LogP contribution in [0.25, 0.3) is 0 Å². The Morgan fingerprint density at radius 1 is 1.14 bits per heavy atom. The zero-order chi connectivity index (χ0) is 16.7. The summed E-state index contributed by atoms with van der Waals surface area (Å²) in [5.74, 6) is -0.383. The zero-order valence-electron chi connectivity index (χ0n) is 14.6. The number of amides is 1. The summed E-state index contributed by atoms with van der Waals surface area (Å²) in [5, 5.41) is 8.92. The van der Waals surface area contributed by atoms with E-state index in [1.165, 1.54) is 0 Å². The van der Waals surface area contributed by atoms with Gasteiger partial charge in [0.05, 0.1) is 6.54 Å². The Labute approximate surface area is 133 Å². The van der Waals surface area contributed by atoms with E-state index >= 15 is 0 Å². The third-order valence-electron chi connectivity index (χ3n) is 6.28. The lowest BCUT2D eigenvalue weighted by molar-refractivity contribution is -0.139. The number of hydrogen-bond donors (Lipinski definition) is 1. The van der Waals surface area contributed by atoms with Gasteiger partial charge in [-0.05, 0) is 37.1 Å². The van der Waals surface area contributed by atoms with Crippen molar-refractivity contribution in [3.8, 4) is 0 Å². The van der Waals surface area contributed by atoms with Gasteiger partial charge in [-0.25, -0.2) is 0 Å². The Balaban J connectivity index is 1.94. The zero-order valence-corrected chi connectivity index (χ0v) is 14.6. The average molecular weight is 310 g/mol. The van der Waals surface area contributed by atoms with Crippen molar-refractivity contribution in [3.63, 3.8) is 0 Å². The van der Waals surface area contributed by atoms with Gasteiger partial charge in [0.25, 0.3) is 0 Å². The highest BCUT2D eigenvalue weighted by atomic mass is 16.4. The molecule has 0 aromatic rings. The second-order valence-electron chi connectivity index (χ2n) is 8.10. The number of aliphatic carboxylic acids is 1. The molecule has 0 aromatic carbocycles. The maximum Gasteiger partial charge on any atom is 0.317 e. The first-order chi connectivity index (χ1) is 10.1. The molecular formula is C17H30N2O3. The molecule has 0 radical (unpaired) electrons. The van der Waals surface area contributed by atoms with Gasteiger partial charge < -0.3 is 10.0 Å². The summed E-state index contributed by atoms with van der Waals surface area (Å²) >= 11 is 0. The van der Waals surface area contributed by atoms with E-state index in [9.17, 15) is 9.59 Å². The van der Waals surface area contributed by atoms with Crippen molar-refractivity contribution >= 4 is 11.9 Å². The third-order valence-corrected chi connectivity index (χ3v) is 6.28. The molecule has 1 N–H and O–H groups in total. The first-order valence-corrected chi connectivity index (χ1v) is 8.30. The smallest absolute Gasteiger partial charge is 0.317 e. The minimum Gasteiger partial charge on any atom is -0.480 e. The average Bonchev–Trinajstić information content (AvgIpc) is 2.92. The largest absolute Gasteiger partial charge is 0.480 e. The fraction of sp³-hybridized carbons (Fsp3) is 0.882. The number of likely N-dealkylation sites (N-methyl/N-ethyl adjacent to an activating group) is 1. The van der Waals surface area contributed by atoms with Gasteiger partial charge in [0, 0.05) is 25.0 Å². The molecule has 0 spiro atoms. The highest BCUT2D eigenvalue weighted by molar-refractivity contribution is 5.84.